The molecule has 0 radical (unpaired) electrons. The maximum Gasteiger partial charge on any atom is 0.272 e. The second-order valence-corrected chi connectivity index (χ2v) is 6.19. The van der Waals surface area contributed by atoms with Crippen LogP contribution >= 0.6 is 11.6 Å². The molecule has 5 heteroatoms. The highest BCUT2D eigenvalue weighted by molar-refractivity contribution is 6.33. The summed E-state index contributed by atoms with van der Waals surface area (Å²) in [7, 11) is 1.66. The molecule has 0 aromatic heterocycles. The second kappa shape index (κ2) is 7.97. The number of hydrogen-bond acceptors (Lipinski definition) is 3. The molecule has 0 aliphatic carbocycles. The predicted molar refractivity (Wildman–Crippen MR) is 98.3 cm³/mol. The van der Waals surface area contributed by atoms with E-state index >= 15 is 0 Å². The van der Waals surface area contributed by atoms with Gasteiger partial charge >= 0.3 is 0 Å². The Morgan fingerprint density at radius 1 is 1.29 bits per heavy atom. The molecule has 0 unspecified atom stereocenters. The van der Waals surface area contributed by atoms with Crippen molar-refractivity contribution in [1.82, 2.24) is 5.43 Å². The van der Waals surface area contributed by atoms with E-state index < -0.39 is 0 Å². The Bertz CT molecular complexity index is 770. The molecule has 0 aliphatic heterocycles. The topological polar surface area (TPSA) is 50.7 Å². The summed E-state index contributed by atoms with van der Waals surface area (Å²) in [4.78, 5) is 12.1. The van der Waals surface area contributed by atoms with Crippen LogP contribution < -0.4 is 10.2 Å². The standard InChI is InChI=1S/C19H21ClN2O2/c1-12(2)16-10-14(13(3)9-18(16)24-4)11-21-22-19(23)15-7-5-6-8-17(15)20/h5-12H,1-4H3,(H,22,23)/b21-11-. The zero-order valence-corrected chi connectivity index (χ0v) is 15.0. The summed E-state index contributed by atoms with van der Waals surface area (Å²) < 4.78 is 5.43. The first-order valence-corrected chi connectivity index (χ1v) is 8.08. The Morgan fingerprint density at radius 3 is 2.62 bits per heavy atom. The van der Waals surface area contributed by atoms with Gasteiger partial charge in [0.25, 0.3) is 5.91 Å². The fraction of sp³-hybridized carbons (Fsp3) is 0.263. The van der Waals surface area contributed by atoms with Gasteiger partial charge in [0.15, 0.2) is 0 Å². The number of hydrazone groups is 1. The lowest BCUT2D eigenvalue weighted by Crippen LogP contribution is -2.18. The number of hydrogen-bond donors (Lipinski definition) is 1. The van der Waals surface area contributed by atoms with Crippen molar-refractivity contribution in [3.05, 3.63) is 63.7 Å². The largest absolute Gasteiger partial charge is 0.496 e. The maximum absolute atomic E-state index is 12.1. The second-order valence-electron chi connectivity index (χ2n) is 5.78. The van der Waals surface area contributed by atoms with Gasteiger partial charge in [-0.25, -0.2) is 5.43 Å². The molecule has 0 saturated carbocycles. The van der Waals surface area contributed by atoms with Crippen LogP contribution in [0.25, 0.3) is 0 Å². The first kappa shape index (κ1) is 18.0. The molecule has 2 aromatic rings. The molecule has 1 N–H and O–H groups in total. The Morgan fingerprint density at radius 2 is 2.00 bits per heavy atom. The summed E-state index contributed by atoms with van der Waals surface area (Å²) in [5.41, 5.74) is 5.95. The van der Waals surface area contributed by atoms with E-state index in [9.17, 15) is 4.79 Å². The number of nitrogens with one attached hydrogen (secondary N) is 1. The van der Waals surface area contributed by atoms with E-state index in [-0.39, 0.29) is 5.91 Å². The van der Waals surface area contributed by atoms with Crippen LogP contribution in [0.15, 0.2) is 41.5 Å². The molecule has 0 bridgehead atoms. The van der Waals surface area contributed by atoms with Gasteiger partial charge < -0.3 is 4.74 Å². The average Bonchev–Trinajstić information content (AvgIpc) is 2.55. The first-order chi connectivity index (χ1) is 11.4. The Kier molecular flexibility index (Phi) is 5.99. The van der Waals surface area contributed by atoms with Gasteiger partial charge in [-0.15, -0.1) is 0 Å². The third-order valence-corrected chi connectivity index (χ3v) is 4.06. The highest BCUT2D eigenvalue weighted by atomic mass is 35.5. The number of halogens is 1. The van der Waals surface area contributed by atoms with Gasteiger partial charge in [0.2, 0.25) is 0 Å². The molecule has 0 aliphatic rings. The number of methoxy groups -OCH3 is 1. The van der Waals surface area contributed by atoms with Crippen molar-refractivity contribution < 1.29 is 9.53 Å². The Labute approximate surface area is 147 Å². The molecule has 0 spiro atoms. The van der Waals surface area contributed by atoms with Crippen LogP contribution in [0.3, 0.4) is 0 Å². The van der Waals surface area contributed by atoms with E-state index in [0.717, 1.165) is 22.4 Å². The lowest BCUT2D eigenvalue weighted by atomic mass is 9.97. The quantitative estimate of drug-likeness (QED) is 0.639. The average molecular weight is 345 g/mol. The summed E-state index contributed by atoms with van der Waals surface area (Å²) in [6.07, 6.45) is 1.63. The Hall–Kier alpha value is -2.33. The molecule has 0 fully saturated rings. The van der Waals surface area contributed by atoms with Crippen molar-refractivity contribution in [2.45, 2.75) is 26.7 Å². The lowest BCUT2D eigenvalue weighted by molar-refractivity contribution is 0.0955. The van der Waals surface area contributed by atoms with E-state index in [1.54, 1.807) is 37.6 Å². The predicted octanol–water partition coefficient (Wildman–Crippen LogP) is 4.54. The minimum Gasteiger partial charge on any atom is -0.496 e. The number of benzene rings is 2. The van der Waals surface area contributed by atoms with Crippen molar-refractivity contribution >= 4 is 23.7 Å². The van der Waals surface area contributed by atoms with Crippen LogP contribution in [0.2, 0.25) is 5.02 Å². The number of carbonyl (C=O) groups excluding carboxylic acids is 1. The third kappa shape index (κ3) is 4.15. The van der Waals surface area contributed by atoms with E-state index in [2.05, 4.69) is 24.4 Å². The number of carbonyl (C=O) groups is 1. The smallest absolute Gasteiger partial charge is 0.272 e. The zero-order chi connectivity index (χ0) is 17.7. The molecule has 4 nitrogen and oxygen atoms in total. The Balaban J connectivity index is 2.19. The monoisotopic (exact) mass is 344 g/mol. The van der Waals surface area contributed by atoms with Crippen LogP contribution in [0, 0.1) is 6.92 Å². The number of ether oxygens (including phenoxy) is 1. The van der Waals surface area contributed by atoms with E-state index in [0.29, 0.717) is 16.5 Å². The molecule has 126 valence electrons. The van der Waals surface area contributed by atoms with Gasteiger partial charge in [0.1, 0.15) is 5.75 Å². The molecule has 1 amide bonds. The normalized spacial score (nSPS) is 11.1. The first-order valence-electron chi connectivity index (χ1n) is 7.70. The van der Waals surface area contributed by atoms with E-state index in [4.69, 9.17) is 16.3 Å². The van der Waals surface area contributed by atoms with Crippen molar-refractivity contribution in [2.24, 2.45) is 5.10 Å². The SMILES string of the molecule is COc1cc(C)c(/C=N\NC(=O)c2ccccc2Cl)cc1C(C)C. The number of amides is 1. The fourth-order valence-electron chi connectivity index (χ4n) is 2.35. The zero-order valence-electron chi connectivity index (χ0n) is 14.3. The molecule has 0 saturated heterocycles. The maximum atomic E-state index is 12.1. The van der Waals surface area contributed by atoms with Crippen LogP contribution in [-0.2, 0) is 0 Å². The van der Waals surface area contributed by atoms with Gasteiger partial charge in [-0.3, -0.25) is 4.79 Å². The van der Waals surface area contributed by atoms with Gasteiger partial charge in [-0.2, -0.15) is 5.10 Å². The summed E-state index contributed by atoms with van der Waals surface area (Å²) >= 11 is 6.00. The minimum atomic E-state index is -0.341. The summed E-state index contributed by atoms with van der Waals surface area (Å²) in [5.74, 6) is 0.845. The number of aryl methyl sites for hydroxylation is 1. The highest BCUT2D eigenvalue weighted by Gasteiger charge is 2.11. The minimum absolute atomic E-state index is 0.324. The van der Waals surface area contributed by atoms with Gasteiger partial charge in [0.05, 0.1) is 23.9 Å². The summed E-state index contributed by atoms with van der Waals surface area (Å²) in [6.45, 7) is 6.18. The van der Waals surface area contributed by atoms with Crippen LogP contribution in [0.4, 0.5) is 0 Å². The van der Waals surface area contributed by atoms with E-state index in [1.165, 1.54) is 0 Å². The van der Waals surface area contributed by atoms with Crippen molar-refractivity contribution in [1.29, 1.82) is 0 Å². The van der Waals surface area contributed by atoms with Crippen LogP contribution in [0.1, 0.15) is 46.8 Å². The molecular formula is C19H21ClN2O2. The van der Waals surface area contributed by atoms with Gasteiger partial charge in [0, 0.05) is 0 Å². The molecule has 0 atom stereocenters. The van der Waals surface area contributed by atoms with E-state index in [1.807, 2.05) is 19.1 Å². The van der Waals surface area contributed by atoms with Crippen molar-refractivity contribution in [2.75, 3.05) is 7.11 Å². The third-order valence-electron chi connectivity index (χ3n) is 3.73. The van der Waals surface area contributed by atoms with Crippen molar-refractivity contribution in [3.63, 3.8) is 0 Å². The summed E-state index contributed by atoms with van der Waals surface area (Å²) in [6, 6.07) is 10.9. The number of rotatable bonds is 5. The molecule has 2 rings (SSSR count). The molecule has 24 heavy (non-hydrogen) atoms. The lowest BCUT2D eigenvalue weighted by Gasteiger charge is -2.14. The number of nitrogens with zero attached hydrogens (tertiary/aromatic N) is 1. The van der Waals surface area contributed by atoms with Gasteiger partial charge in [-0.05, 0) is 53.8 Å². The van der Waals surface area contributed by atoms with Crippen LogP contribution in [-0.4, -0.2) is 19.2 Å². The van der Waals surface area contributed by atoms with Crippen molar-refractivity contribution in [3.8, 4) is 5.75 Å². The molecule has 0 heterocycles. The highest BCUT2D eigenvalue weighted by Crippen LogP contribution is 2.29. The van der Waals surface area contributed by atoms with Gasteiger partial charge in [-0.1, -0.05) is 37.6 Å². The van der Waals surface area contributed by atoms with Crippen LogP contribution in [0.5, 0.6) is 5.75 Å². The fourth-order valence-corrected chi connectivity index (χ4v) is 2.57. The molecule has 2 aromatic carbocycles. The molecular weight excluding hydrogens is 324 g/mol. The summed E-state index contributed by atoms with van der Waals surface area (Å²) in [5, 5.41) is 4.45.